The third-order valence-electron chi connectivity index (χ3n) is 8.68. The number of hydrogen-bond donors (Lipinski definition) is 1. The standard InChI is InChI=1S/C39H51N3O6/c1-8-30-18-26(3)24-41(30)38(43)32-22-34(45-7)35(20-28(32)5)46-15-11-10-12-16-47-36-21-29(6)33(23-37(36)48-17-13-14-40)39(44)42-25-27(4)19-31(42)9-2/h8-9,20-25,30-31H,1-2,10-19,40H2,3-7H3. The molecule has 2 aliphatic rings. The molecule has 0 saturated carbocycles. The molecule has 0 fully saturated rings. The Morgan fingerprint density at radius 3 is 1.56 bits per heavy atom. The summed E-state index contributed by atoms with van der Waals surface area (Å²) in [6, 6.07) is 7.19. The van der Waals surface area contributed by atoms with E-state index in [1.807, 2.05) is 64.4 Å². The molecule has 2 heterocycles. The maximum absolute atomic E-state index is 13.5. The maximum Gasteiger partial charge on any atom is 0.258 e. The second-order valence-corrected chi connectivity index (χ2v) is 12.6. The number of carbonyl (C=O) groups is 2. The summed E-state index contributed by atoms with van der Waals surface area (Å²) in [6.07, 6.45) is 12.2. The van der Waals surface area contributed by atoms with Crippen molar-refractivity contribution in [1.82, 2.24) is 9.80 Å². The van der Waals surface area contributed by atoms with Crippen molar-refractivity contribution < 1.29 is 28.5 Å². The number of hydrogen-bond acceptors (Lipinski definition) is 7. The zero-order valence-corrected chi connectivity index (χ0v) is 29.2. The average Bonchev–Trinajstić information content (AvgIpc) is 3.65. The Kier molecular flexibility index (Phi) is 12.9. The molecule has 48 heavy (non-hydrogen) atoms. The minimum atomic E-state index is -0.0855. The van der Waals surface area contributed by atoms with E-state index in [0.717, 1.165) is 54.4 Å². The minimum absolute atomic E-state index is 0.0435. The van der Waals surface area contributed by atoms with Gasteiger partial charge in [0.05, 0.1) is 39.0 Å². The molecule has 2 aliphatic heterocycles. The number of amides is 2. The molecule has 0 radical (unpaired) electrons. The summed E-state index contributed by atoms with van der Waals surface area (Å²) in [5.74, 6) is 2.12. The highest BCUT2D eigenvalue weighted by atomic mass is 16.5. The van der Waals surface area contributed by atoms with Gasteiger partial charge < -0.3 is 34.5 Å². The Morgan fingerprint density at radius 1 is 0.708 bits per heavy atom. The molecule has 2 aromatic rings. The van der Waals surface area contributed by atoms with Crippen LogP contribution in [-0.4, -0.2) is 67.2 Å². The van der Waals surface area contributed by atoms with Crippen LogP contribution in [0.15, 0.2) is 73.1 Å². The largest absolute Gasteiger partial charge is 0.493 e. The summed E-state index contributed by atoms with van der Waals surface area (Å²) in [6.45, 7) is 17.6. The van der Waals surface area contributed by atoms with Gasteiger partial charge in [0, 0.05) is 23.5 Å². The van der Waals surface area contributed by atoms with E-state index in [2.05, 4.69) is 13.2 Å². The molecule has 258 valence electrons. The molecule has 0 bridgehead atoms. The summed E-state index contributed by atoms with van der Waals surface area (Å²) in [4.78, 5) is 30.3. The van der Waals surface area contributed by atoms with Crippen LogP contribution in [0.3, 0.4) is 0 Å². The first-order valence-corrected chi connectivity index (χ1v) is 16.8. The summed E-state index contributed by atoms with van der Waals surface area (Å²) < 4.78 is 23.9. The summed E-state index contributed by atoms with van der Waals surface area (Å²) in [7, 11) is 1.58. The Balaban J connectivity index is 1.32. The summed E-state index contributed by atoms with van der Waals surface area (Å²) >= 11 is 0. The topological polar surface area (TPSA) is 104 Å². The van der Waals surface area contributed by atoms with Gasteiger partial charge >= 0.3 is 0 Å². The number of benzene rings is 2. The molecular formula is C39H51N3O6. The van der Waals surface area contributed by atoms with E-state index in [4.69, 9.17) is 24.7 Å². The highest BCUT2D eigenvalue weighted by molar-refractivity contribution is 5.98. The third-order valence-corrected chi connectivity index (χ3v) is 8.68. The van der Waals surface area contributed by atoms with Crippen LogP contribution >= 0.6 is 0 Å². The van der Waals surface area contributed by atoms with E-state index in [1.165, 1.54) is 0 Å². The molecule has 2 unspecified atom stereocenters. The number of unbranched alkanes of at least 4 members (excludes halogenated alkanes) is 2. The van der Waals surface area contributed by atoms with Crippen molar-refractivity contribution >= 4 is 11.8 Å². The second-order valence-electron chi connectivity index (χ2n) is 12.6. The molecule has 2 aromatic carbocycles. The van der Waals surface area contributed by atoms with E-state index < -0.39 is 0 Å². The second kappa shape index (κ2) is 17.1. The van der Waals surface area contributed by atoms with Gasteiger partial charge in [-0.15, -0.1) is 13.2 Å². The first-order chi connectivity index (χ1) is 23.1. The monoisotopic (exact) mass is 657 g/mol. The number of nitrogens with zero attached hydrogens (tertiary/aromatic N) is 2. The predicted molar refractivity (Wildman–Crippen MR) is 190 cm³/mol. The predicted octanol–water partition coefficient (Wildman–Crippen LogP) is 7.28. The first kappa shape index (κ1) is 36.3. The number of rotatable bonds is 17. The highest BCUT2D eigenvalue weighted by Crippen LogP contribution is 2.35. The van der Waals surface area contributed by atoms with Crippen LogP contribution in [0.5, 0.6) is 23.0 Å². The fourth-order valence-electron chi connectivity index (χ4n) is 6.01. The van der Waals surface area contributed by atoms with Crippen LogP contribution in [-0.2, 0) is 0 Å². The molecule has 9 heteroatoms. The summed E-state index contributed by atoms with van der Waals surface area (Å²) in [5, 5.41) is 0. The normalized spacial score (nSPS) is 17.1. The molecule has 2 N–H and O–H groups in total. The van der Waals surface area contributed by atoms with Gasteiger partial charge in [0.15, 0.2) is 23.0 Å². The third kappa shape index (κ3) is 8.69. The zero-order valence-electron chi connectivity index (χ0n) is 29.2. The molecular weight excluding hydrogens is 606 g/mol. The highest BCUT2D eigenvalue weighted by Gasteiger charge is 2.29. The van der Waals surface area contributed by atoms with Crippen molar-refractivity contribution in [2.45, 2.75) is 78.3 Å². The van der Waals surface area contributed by atoms with E-state index in [0.29, 0.717) is 66.9 Å². The molecule has 0 aliphatic carbocycles. The first-order valence-electron chi connectivity index (χ1n) is 16.8. The van der Waals surface area contributed by atoms with Gasteiger partial charge in [-0.05, 0) is 108 Å². The van der Waals surface area contributed by atoms with E-state index in [-0.39, 0.29) is 23.9 Å². The van der Waals surface area contributed by atoms with Gasteiger partial charge in [0.2, 0.25) is 0 Å². The quantitative estimate of drug-likeness (QED) is 0.141. The molecule has 9 nitrogen and oxygen atoms in total. The van der Waals surface area contributed by atoms with Gasteiger partial charge in [-0.25, -0.2) is 0 Å². The lowest BCUT2D eigenvalue weighted by Gasteiger charge is -2.23. The lowest BCUT2D eigenvalue weighted by molar-refractivity contribution is 0.0797. The van der Waals surface area contributed by atoms with Crippen LogP contribution in [0.1, 0.15) is 84.2 Å². The fourth-order valence-corrected chi connectivity index (χ4v) is 6.01. The maximum atomic E-state index is 13.5. The van der Waals surface area contributed by atoms with Crippen molar-refractivity contribution in [1.29, 1.82) is 0 Å². The van der Waals surface area contributed by atoms with Crippen molar-refractivity contribution in [3.63, 3.8) is 0 Å². The smallest absolute Gasteiger partial charge is 0.258 e. The fraction of sp³-hybridized carbons (Fsp3) is 0.436. The number of nitrogens with two attached hydrogens (primary N) is 1. The molecule has 2 amide bonds. The van der Waals surface area contributed by atoms with Crippen LogP contribution in [0, 0.1) is 13.8 Å². The number of ether oxygens (including phenoxy) is 4. The van der Waals surface area contributed by atoms with Gasteiger partial charge in [0.25, 0.3) is 11.8 Å². The number of carbonyl (C=O) groups excluding carboxylic acids is 2. The lowest BCUT2D eigenvalue weighted by Crippen LogP contribution is -2.31. The van der Waals surface area contributed by atoms with Gasteiger partial charge in [0.1, 0.15) is 0 Å². The molecule has 0 spiro atoms. The lowest BCUT2D eigenvalue weighted by atomic mass is 10.1. The zero-order chi connectivity index (χ0) is 34.8. The van der Waals surface area contributed by atoms with E-state index >= 15 is 0 Å². The van der Waals surface area contributed by atoms with Crippen LogP contribution < -0.4 is 24.7 Å². The van der Waals surface area contributed by atoms with Gasteiger partial charge in [-0.1, -0.05) is 23.3 Å². The van der Waals surface area contributed by atoms with E-state index in [1.54, 1.807) is 29.0 Å². The molecule has 0 aromatic heterocycles. The Morgan fingerprint density at radius 2 is 1.12 bits per heavy atom. The Hall–Kier alpha value is -4.50. The van der Waals surface area contributed by atoms with Crippen LogP contribution in [0.4, 0.5) is 0 Å². The molecule has 2 atom stereocenters. The van der Waals surface area contributed by atoms with E-state index in [9.17, 15) is 9.59 Å². The van der Waals surface area contributed by atoms with Gasteiger partial charge in [-0.3, -0.25) is 9.59 Å². The average molecular weight is 658 g/mol. The van der Waals surface area contributed by atoms with Crippen molar-refractivity contribution in [2.24, 2.45) is 5.73 Å². The Labute approximate surface area is 285 Å². The summed E-state index contributed by atoms with van der Waals surface area (Å²) in [5.41, 5.74) is 10.8. The van der Waals surface area contributed by atoms with Crippen molar-refractivity contribution in [3.8, 4) is 23.0 Å². The van der Waals surface area contributed by atoms with Crippen LogP contribution in [0.25, 0.3) is 0 Å². The van der Waals surface area contributed by atoms with Crippen LogP contribution in [0.2, 0.25) is 0 Å². The Bertz CT molecular complexity index is 1560. The SMILES string of the molecule is C=CC1CC(C)=CN1C(=O)c1cc(OC)c(OCCCCCOc2cc(C)c(C(=O)N3C=C(C)CC3C=C)cc2OCCCN)cc1C. The number of aryl methyl sites for hydroxylation is 2. The van der Waals surface area contributed by atoms with Crippen molar-refractivity contribution in [2.75, 3.05) is 33.5 Å². The minimum Gasteiger partial charge on any atom is -0.493 e. The number of methoxy groups -OCH3 is 1. The molecule has 4 rings (SSSR count). The van der Waals surface area contributed by atoms with Crippen molar-refractivity contribution in [3.05, 3.63) is 95.4 Å². The van der Waals surface area contributed by atoms with Gasteiger partial charge in [-0.2, -0.15) is 0 Å². The molecule has 0 saturated heterocycles.